The van der Waals surface area contributed by atoms with Crippen molar-refractivity contribution in [2.75, 3.05) is 0 Å². The fraction of sp³-hybridized carbons (Fsp3) is 0.909. The van der Waals surface area contributed by atoms with E-state index in [-0.39, 0.29) is 5.91 Å². The third kappa shape index (κ3) is 5.42. The van der Waals surface area contributed by atoms with Gasteiger partial charge in [0, 0.05) is 6.42 Å². The van der Waals surface area contributed by atoms with Gasteiger partial charge >= 0.3 is 0 Å². The van der Waals surface area contributed by atoms with Crippen molar-refractivity contribution in [2.45, 2.75) is 64.2 Å². The van der Waals surface area contributed by atoms with Crippen LogP contribution in [0.3, 0.4) is 0 Å². The summed E-state index contributed by atoms with van der Waals surface area (Å²) >= 11 is 0. The third-order valence-corrected chi connectivity index (χ3v) is 7.99. The first-order valence-electron chi connectivity index (χ1n) is 5.68. The summed E-state index contributed by atoms with van der Waals surface area (Å²) in [5.41, 5.74) is 5.74. The van der Waals surface area contributed by atoms with Crippen LogP contribution in [0.15, 0.2) is 0 Å². The smallest absolute Gasteiger partial charge is 0.217 e. The summed E-state index contributed by atoms with van der Waals surface area (Å²) in [4.78, 5) is 9.59. The second-order valence-electron chi connectivity index (χ2n) is 4.96. The molecule has 1 saturated heterocycles. The maximum atomic E-state index is 9.59. The summed E-state index contributed by atoms with van der Waals surface area (Å²) < 4.78 is 0. The lowest BCUT2D eigenvalue weighted by molar-refractivity contribution is -0.117. The predicted molar refractivity (Wildman–Crippen MR) is 65.0 cm³/mol. The number of nitrogens with two attached hydrogens (primary N) is 1. The van der Waals surface area contributed by atoms with E-state index in [4.69, 9.17) is 0 Å². The average molecular weight is 215 g/mol. The van der Waals surface area contributed by atoms with Crippen LogP contribution in [0.4, 0.5) is 0 Å². The summed E-state index contributed by atoms with van der Waals surface area (Å²) in [6.07, 6.45) is 4.97. The molecule has 1 aliphatic heterocycles. The van der Waals surface area contributed by atoms with E-state index in [0.717, 1.165) is 5.54 Å². The molecule has 2 N–H and O–H groups in total. The monoisotopic (exact) mass is 215 g/mol. The van der Waals surface area contributed by atoms with Crippen LogP contribution < -0.4 is 5.73 Å². The summed E-state index contributed by atoms with van der Waals surface area (Å²) in [5, 5.41) is 0. The van der Waals surface area contributed by atoms with Crippen molar-refractivity contribution in [3.8, 4) is 0 Å². The van der Waals surface area contributed by atoms with Gasteiger partial charge < -0.3 is 5.73 Å². The molecule has 1 unspecified atom stereocenters. The minimum absolute atomic E-state index is 0.245. The zero-order valence-electron chi connectivity index (χ0n) is 10.1. The van der Waals surface area contributed by atoms with E-state index in [1.807, 2.05) is 0 Å². The van der Waals surface area contributed by atoms with Gasteiger partial charge in [-0.2, -0.15) is 0 Å². The van der Waals surface area contributed by atoms with Gasteiger partial charge in [-0.15, -0.1) is 0 Å². The standard InChI is InChI=1S/C8H18Si.C3H7NO/c1-8-6-4-5-7-9(8,2)3;1-2-3(4)5/h8H,4-7H2,1-3H3;2H2,1H3,(H2,4,5). The molecule has 1 amide bonds. The van der Waals surface area contributed by atoms with Crippen LogP contribution in [0, 0.1) is 0 Å². The topological polar surface area (TPSA) is 43.1 Å². The molecule has 0 radical (unpaired) electrons. The molecule has 1 heterocycles. The molecule has 0 aromatic heterocycles. The molecule has 1 atom stereocenters. The zero-order valence-corrected chi connectivity index (χ0v) is 11.1. The molecule has 2 nitrogen and oxygen atoms in total. The lowest BCUT2D eigenvalue weighted by Gasteiger charge is -2.34. The zero-order chi connectivity index (χ0) is 11.2. The number of rotatable bonds is 1. The van der Waals surface area contributed by atoms with Gasteiger partial charge in [0.2, 0.25) is 5.91 Å². The molecule has 1 fully saturated rings. The maximum absolute atomic E-state index is 9.59. The van der Waals surface area contributed by atoms with Crippen LogP contribution in [0.1, 0.15) is 39.5 Å². The van der Waals surface area contributed by atoms with Gasteiger partial charge in [0.15, 0.2) is 0 Å². The predicted octanol–water partition coefficient (Wildman–Crippen LogP) is 3.15. The Labute approximate surface area is 89.3 Å². The maximum Gasteiger partial charge on any atom is 0.217 e. The van der Waals surface area contributed by atoms with E-state index in [0.29, 0.717) is 6.42 Å². The largest absolute Gasteiger partial charge is 0.370 e. The van der Waals surface area contributed by atoms with Crippen molar-refractivity contribution < 1.29 is 4.79 Å². The van der Waals surface area contributed by atoms with E-state index in [1.54, 1.807) is 13.0 Å². The summed E-state index contributed by atoms with van der Waals surface area (Å²) in [5.74, 6) is -0.245. The number of primary amides is 1. The first-order chi connectivity index (χ1) is 6.40. The SMILES string of the molecule is CC1CCCC[Si]1(C)C.CCC(N)=O. The molecule has 0 spiro atoms. The molecule has 3 heteroatoms. The Morgan fingerprint density at radius 1 is 1.43 bits per heavy atom. The van der Waals surface area contributed by atoms with Crippen LogP contribution >= 0.6 is 0 Å². The molecular weight excluding hydrogens is 190 g/mol. The highest BCUT2D eigenvalue weighted by Gasteiger charge is 2.30. The van der Waals surface area contributed by atoms with Gasteiger partial charge in [-0.25, -0.2) is 0 Å². The highest BCUT2D eigenvalue weighted by Crippen LogP contribution is 2.36. The lowest BCUT2D eigenvalue weighted by atomic mass is 10.2. The van der Waals surface area contributed by atoms with E-state index in [2.05, 4.69) is 25.8 Å². The van der Waals surface area contributed by atoms with Crippen molar-refractivity contribution in [3.63, 3.8) is 0 Å². The van der Waals surface area contributed by atoms with Crippen LogP contribution in [0.5, 0.6) is 0 Å². The first kappa shape index (κ1) is 13.7. The minimum Gasteiger partial charge on any atom is -0.370 e. The number of hydrogen-bond acceptors (Lipinski definition) is 1. The van der Waals surface area contributed by atoms with Gasteiger partial charge in [-0.3, -0.25) is 4.79 Å². The Morgan fingerprint density at radius 2 is 1.93 bits per heavy atom. The quantitative estimate of drug-likeness (QED) is 0.671. The van der Waals surface area contributed by atoms with Crippen LogP contribution in [0.25, 0.3) is 0 Å². The Bertz CT molecular complexity index is 180. The van der Waals surface area contributed by atoms with Crippen LogP contribution in [-0.2, 0) is 4.79 Å². The van der Waals surface area contributed by atoms with Gasteiger partial charge in [0.25, 0.3) is 0 Å². The fourth-order valence-corrected chi connectivity index (χ4v) is 4.31. The number of hydrogen-bond donors (Lipinski definition) is 1. The highest BCUT2D eigenvalue weighted by atomic mass is 28.3. The Balaban J connectivity index is 0.000000292. The van der Waals surface area contributed by atoms with Crippen molar-refractivity contribution in [2.24, 2.45) is 5.73 Å². The molecule has 1 aliphatic rings. The molecule has 0 aliphatic carbocycles. The first-order valence-corrected chi connectivity index (χ1v) is 8.97. The van der Waals surface area contributed by atoms with Crippen molar-refractivity contribution >= 4 is 14.0 Å². The molecule has 0 aromatic carbocycles. The fourth-order valence-electron chi connectivity index (χ4n) is 1.67. The molecule has 84 valence electrons. The molecule has 0 saturated carbocycles. The van der Waals surface area contributed by atoms with Gasteiger partial charge in [-0.05, 0) is 5.54 Å². The molecular formula is C11H25NOSi. The van der Waals surface area contributed by atoms with E-state index in [1.165, 1.54) is 19.3 Å². The lowest BCUT2D eigenvalue weighted by Crippen LogP contribution is -2.33. The second kappa shape index (κ2) is 6.22. The van der Waals surface area contributed by atoms with Gasteiger partial charge in [-0.1, -0.05) is 52.2 Å². The molecule has 0 aromatic rings. The molecule has 14 heavy (non-hydrogen) atoms. The Morgan fingerprint density at radius 3 is 2.14 bits per heavy atom. The second-order valence-corrected chi connectivity index (χ2v) is 10.4. The normalized spacial score (nSPS) is 24.7. The van der Waals surface area contributed by atoms with Crippen molar-refractivity contribution in [1.82, 2.24) is 0 Å². The summed E-state index contributed by atoms with van der Waals surface area (Å²) in [6.45, 7) is 9.25. The van der Waals surface area contributed by atoms with Crippen molar-refractivity contribution in [1.29, 1.82) is 0 Å². The number of carbonyl (C=O) groups excluding carboxylic acids is 1. The summed E-state index contributed by atoms with van der Waals surface area (Å²) in [6, 6.07) is 1.58. The van der Waals surface area contributed by atoms with Crippen molar-refractivity contribution in [3.05, 3.63) is 0 Å². The number of amides is 1. The minimum atomic E-state index is -0.694. The van der Waals surface area contributed by atoms with Crippen LogP contribution in [0.2, 0.25) is 24.7 Å². The summed E-state index contributed by atoms with van der Waals surface area (Å²) in [7, 11) is -0.694. The van der Waals surface area contributed by atoms with E-state index >= 15 is 0 Å². The van der Waals surface area contributed by atoms with E-state index in [9.17, 15) is 4.79 Å². The van der Waals surface area contributed by atoms with Gasteiger partial charge in [0.1, 0.15) is 0 Å². The molecule has 0 bridgehead atoms. The van der Waals surface area contributed by atoms with E-state index < -0.39 is 8.07 Å². The highest BCUT2D eigenvalue weighted by molar-refractivity contribution is 6.78. The van der Waals surface area contributed by atoms with Gasteiger partial charge in [0.05, 0.1) is 8.07 Å². The molecule has 1 rings (SSSR count). The number of carbonyl (C=O) groups is 1. The average Bonchev–Trinajstić information content (AvgIpc) is 2.11. The third-order valence-electron chi connectivity index (χ3n) is 3.39. The Hall–Kier alpha value is -0.313. The van der Waals surface area contributed by atoms with Crippen LogP contribution in [-0.4, -0.2) is 14.0 Å². The Kier molecular flexibility index (Phi) is 6.08.